The lowest BCUT2D eigenvalue weighted by Gasteiger charge is -2.08. The average Bonchev–Trinajstić information content (AvgIpc) is 2.97. The number of imidazole rings is 1. The Kier molecular flexibility index (Phi) is 3.81. The van der Waals surface area contributed by atoms with Crippen molar-refractivity contribution in [3.63, 3.8) is 0 Å². The summed E-state index contributed by atoms with van der Waals surface area (Å²) in [5.74, 6) is 2.15. The highest BCUT2D eigenvalue weighted by Gasteiger charge is 2.12. The van der Waals surface area contributed by atoms with Crippen LogP contribution in [0.4, 0.5) is 0 Å². The second-order valence-electron chi connectivity index (χ2n) is 5.12. The summed E-state index contributed by atoms with van der Waals surface area (Å²) in [7, 11) is 1.67. The number of rotatable bonds is 5. The van der Waals surface area contributed by atoms with Gasteiger partial charge in [-0.15, -0.1) is 0 Å². The monoisotopic (exact) mass is 282 g/mol. The number of aromatic nitrogens is 4. The first-order valence-corrected chi connectivity index (χ1v) is 7.06. The van der Waals surface area contributed by atoms with Crippen LogP contribution in [-0.2, 0) is 6.42 Å². The first-order chi connectivity index (χ1) is 10.3. The molecule has 0 aliphatic rings. The van der Waals surface area contributed by atoms with Gasteiger partial charge in [-0.2, -0.15) is 0 Å². The number of ether oxygens (including phenoxy) is 1. The number of H-pyrrole nitrogens is 1. The third-order valence-corrected chi connectivity index (χ3v) is 3.60. The maximum atomic E-state index is 5.22. The van der Waals surface area contributed by atoms with Crippen molar-refractivity contribution in [2.45, 2.75) is 25.7 Å². The van der Waals surface area contributed by atoms with Crippen LogP contribution in [0.1, 0.15) is 30.8 Å². The van der Waals surface area contributed by atoms with Crippen molar-refractivity contribution >= 4 is 11.2 Å². The van der Waals surface area contributed by atoms with Crippen LogP contribution in [0.2, 0.25) is 0 Å². The Hall–Kier alpha value is -2.43. The largest absolute Gasteiger partial charge is 0.497 e. The van der Waals surface area contributed by atoms with Crippen molar-refractivity contribution in [1.82, 2.24) is 19.9 Å². The molecule has 5 nitrogen and oxygen atoms in total. The van der Waals surface area contributed by atoms with E-state index in [1.165, 1.54) is 0 Å². The number of nitrogens with zero attached hydrogens (tertiary/aromatic N) is 3. The van der Waals surface area contributed by atoms with Crippen molar-refractivity contribution in [2.24, 2.45) is 0 Å². The summed E-state index contributed by atoms with van der Waals surface area (Å²) < 4.78 is 5.22. The van der Waals surface area contributed by atoms with Gasteiger partial charge in [-0.1, -0.05) is 6.92 Å². The number of aryl methyl sites for hydroxylation is 1. The van der Waals surface area contributed by atoms with Gasteiger partial charge in [0.25, 0.3) is 0 Å². The summed E-state index contributed by atoms with van der Waals surface area (Å²) in [4.78, 5) is 16.5. The molecule has 1 N–H and O–H groups in total. The first kappa shape index (κ1) is 13.5. The molecule has 108 valence electrons. The van der Waals surface area contributed by atoms with Crippen molar-refractivity contribution in [3.8, 4) is 5.75 Å². The van der Waals surface area contributed by atoms with Crippen LogP contribution in [0.5, 0.6) is 5.75 Å². The molecule has 1 unspecified atom stereocenters. The predicted molar refractivity (Wildman–Crippen MR) is 81.4 cm³/mol. The normalized spacial score (nSPS) is 12.5. The van der Waals surface area contributed by atoms with Gasteiger partial charge in [0.15, 0.2) is 5.65 Å². The third kappa shape index (κ3) is 3.02. The molecular weight excluding hydrogens is 264 g/mol. The molecule has 3 rings (SSSR count). The van der Waals surface area contributed by atoms with Gasteiger partial charge in [0, 0.05) is 30.1 Å². The molecule has 3 heterocycles. The summed E-state index contributed by atoms with van der Waals surface area (Å²) >= 11 is 0. The van der Waals surface area contributed by atoms with Crippen LogP contribution in [-0.4, -0.2) is 27.0 Å². The smallest absolute Gasteiger partial charge is 0.177 e. The minimum atomic E-state index is 0.326. The van der Waals surface area contributed by atoms with E-state index in [9.17, 15) is 0 Å². The molecule has 0 radical (unpaired) electrons. The number of hydrogen-bond acceptors (Lipinski definition) is 4. The van der Waals surface area contributed by atoms with E-state index in [0.29, 0.717) is 5.92 Å². The summed E-state index contributed by atoms with van der Waals surface area (Å²) in [5.41, 5.74) is 2.80. The van der Waals surface area contributed by atoms with Crippen molar-refractivity contribution in [3.05, 3.63) is 48.2 Å². The van der Waals surface area contributed by atoms with Gasteiger partial charge in [0.05, 0.1) is 12.6 Å². The van der Waals surface area contributed by atoms with Gasteiger partial charge in [-0.05, 0) is 31.0 Å². The lowest BCUT2D eigenvalue weighted by molar-refractivity contribution is 0.413. The summed E-state index contributed by atoms with van der Waals surface area (Å²) in [5, 5.41) is 0. The molecule has 0 aromatic carbocycles. The Morgan fingerprint density at radius 2 is 2.14 bits per heavy atom. The molecule has 21 heavy (non-hydrogen) atoms. The fraction of sp³-hybridized carbons (Fsp3) is 0.312. The highest BCUT2D eigenvalue weighted by atomic mass is 16.5. The van der Waals surface area contributed by atoms with E-state index in [0.717, 1.165) is 41.3 Å². The zero-order valence-electron chi connectivity index (χ0n) is 12.2. The second-order valence-corrected chi connectivity index (χ2v) is 5.12. The Morgan fingerprint density at radius 3 is 2.95 bits per heavy atom. The van der Waals surface area contributed by atoms with Gasteiger partial charge in [0.2, 0.25) is 0 Å². The molecule has 3 aromatic heterocycles. The van der Waals surface area contributed by atoms with Crippen molar-refractivity contribution in [2.75, 3.05) is 7.11 Å². The molecule has 0 fully saturated rings. The summed E-state index contributed by atoms with van der Waals surface area (Å²) in [6.07, 6.45) is 5.41. The van der Waals surface area contributed by atoms with Crippen molar-refractivity contribution in [1.29, 1.82) is 0 Å². The minimum absolute atomic E-state index is 0.326. The van der Waals surface area contributed by atoms with Gasteiger partial charge in [-0.3, -0.25) is 4.98 Å². The van der Waals surface area contributed by atoms with Crippen molar-refractivity contribution < 1.29 is 4.74 Å². The van der Waals surface area contributed by atoms with Crippen LogP contribution < -0.4 is 4.74 Å². The molecule has 1 atom stereocenters. The van der Waals surface area contributed by atoms with Gasteiger partial charge in [-0.25, -0.2) is 9.97 Å². The van der Waals surface area contributed by atoms with Gasteiger partial charge < -0.3 is 9.72 Å². The standard InChI is InChI=1S/C16H18N4O/c1-11(5-6-12-10-13(21-2)7-9-17-12)15-19-14-4-3-8-18-16(14)20-15/h3-4,7-11H,5-6H2,1-2H3,(H,18,19,20). The quantitative estimate of drug-likeness (QED) is 0.781. The van der Waals surface area contributed by atoms with Crippen LogP contribution in [0, 0.1) is 0 Å². The highest BCUT2D eigenvalue weighted by Crippen LogP contribution is 2.21. The summed E-state index contributed by atoms with van der Waals surface area (Å²) in [6, 6.07) is 7.75. The van der Waals surface area contributed by atoms with E-state index in [4.69, 9.17) is 4.74 Å². The van der Waals surface area contributed by atoms with Crippen LogP contribution in [0.25, 0.3) is 11.2 Å². The molecule has 0 amide bonds. The maximum Gasteiger partial charge on any atom is 0.177 e. The number of nitrogens with one attached hydrogen (secondary N) is 1. The van der Waals surface area contributed by atoms with E-state index in [1.807, 2.05) is 24.3 Å². The molecule has 0 spiro atoms. The maximum absolute atomic E-state index is 5.22. The number of aromatic amines is 1. The zero-order valence-corrected chi connectivity index (χ0v) is 12.2. The van der Waals surface area contributed by atoms with E-state index in [1.54, 1.807) is 19.5 Å². The molecule has 5 heteroatoms. The van der Waals surface area contributed by atoms with E-state index in [2.05, 4.69) is 26.9 Å². The summed E-state index contributed by atoms with van der Waals surface area (Å²) in [6.45, 7) is 2.16. The van der Waals surface area contributed by atoms with Gasteiger partial charge in [0.1, 0.15) is 11.6 Å². The minimum Gasteiger partial charge on any atom is -0.497 e. The molecule has 0 bridgehead atoms. The number of fused-ring (bicyclic) bond motifs is 1. The van der Waals surface area contributed by atoms with E-state index < -0.39 is 0 Å². The lowest BCUT2D eigenvalue weighted by Crippen LogP contribution is -2.00. The fourth-order valence-electron chi connectivity index (χ4n) is 2.32. The Balaban J connectivity index is 1.69. The topological polar surface area (TPSA) is 63.7 Å². The number of hydrogen-bond donors (Lipinski definition) is 1. The Bertz CT molecular complexity index is 705. The fourth-order valence-corrected chi connectivity index (χ4v) is 2.32. The number of methoxy groups -OCH3 is 1. The predicted octanol–water partition coefficient (Wildman–Crippen LogP) is 3.10. The molecule has 0 saturated carbocycles. The lowest BCUT2D eigenvalue weighted by atomic mass is 10.0. The Labute approximate surface area is 123 Å². The molecular formula is C16H18N4O. The van der Waals surface area contributed by atoms with Crippen LogP contribution >= 0.6 is 0 Å². The first-order valence-electron chi connectivity index (χ1n) is 7.06. The molecule has 0 aliphatic heterocycles. The Morgan fingerprint density at radius 1 is 1.24 bits per heavy atom. The average molecular weight is 282 g/mol. The third-order valence-electron chi connectivity index (χ3n) is 3.60. The SMILES string of the molecule is COc1ccnc(CCC(C)c2nc3ncccc3[nH]2)c1. The molecule has 3 aromatic rings. The van der Waals surface area contributed by atoms with Crippen LogP contribution in [0.3, 0.4) is 0 Å². The number of pyridine rings is 2. The molecule has 0 saturated heterocycles. The molecule has 0 aliphatic carbocycles. The second kappa shape index (κ2) is 5.91. The van der Waals surface area contributed by atoms with Crippen LogP contribution in [0.15, 0.2) is 36.7 Å². The van der Waals surface area contributed by atoms with E-state index >= 15 is 0 Å². The van der Waals surface area contributed by atoms with E-state index in [-0.39, 0.29) is 0 Å². The zero-order chi connectivity index (χ0) is 14.7. The highest BCUT2D eigenvalue weighted by molar-refractivity contribution is 5.69. The van der Waals surface area contributed by atoms with Gasteiger partial charge >= 0.3 is 0 Å².